The number of aliphatic imine (C=N–C) groups is 2. The molecule has 0 radical (unpaired) electrons. The third kappa shape index (κ3) is 7.44. The van der Waals surface area contributed by atoms with Crippen LogP contribution < -0.4 is 9.47 Å². The Hall–Kier alpha value is -2.18. The Morgan fingerprint density at radius 3 is 1.64 bits per heavy atom. The maximum atomic E-state index is 5.94. The minimum absolute atomic E-state index is 0.383. The van der Waals surface area contributed by atoms with Gasteiger partial charge in [0.2, 0.25) is 0 Å². The maximum Gasteiger partial charge on any atom is 0.197 e. The summed E-state index contributed by atoms with van der Waals surface area (Å²) in [6.07, 6.45) is -0.978. The largest absolute Gasteiger partial charge is 0.461 e. The van der Waals surface area contributed by atoms with Crippen molar-refractivity contribution in [2.75, 3.05) is 26.3 Å². The second kappa shape index (κ2) is 12.3. The first kappa shape index (κ1) is 22.1. The molecule has 0 aliphatic carbocycles. The van der Waals surface area contributed by atoms with Crippen LogP contribution in [0.1, 0.15) is 13.8 Å². The summed E-state index contributed by atoms with van der Waals surface area (Å²) >= 11 is 9.07. The highest BCUT2D eigenvalue weighted by Gasteiger charge is 2.14. The normalized spacial score (nSPS) is 12.5. The van der Waals surface area contributed by atoms with E-state index in [0.717, 1.165) is 10.8 Å². The summed E-state index contributed by atoms with van der Waals surface area (Å²) in [7, 11) is 0. The van der Waals surface area contributed by atoms with Crippen molar-refractivity contribution in [3.63, 3.8) is 0 Å². The number of hydrogen-bond acceptors (Lipinski definition) is 8. The van der Waals surface area contributed by atoms with Gasteiger partial charge in [0.15, 0.2) is 24.1 Å². The van der Waals surface area contributed by atoms with Crippen LogP contribution in [0.25, 0.3) is 10.8 Å². The van der Waals surface area contributed by atoms with E-state index in [-0.39, 0.29) is 0 Å². The van der Waals surface area contributed by atoms with Gasteiger partial charge in [-0.1, -0.05) is 24.3 Å². The third-order valence-electron chi connectivity index (χ3n) is 3.64. The molecule has 0 bridgehead atoms. The Kier molecular flexibility index (Phi) is 9.72. The Morgan fingerprint density at radius 1 is 0.821 bits per heavy atom. The number of fused-ring (bicyclic) bond motifs is 1. The van der Waals surface area contributed by atoms with Crippen LogP contribution in [-0.4, -0.2) is 49.2 Å². The fourth-order valence-electron chi connectivity index (χ4n) is 2.43. The Morgan fingerprint density at radius 2 is 1.25 bits per heavy atom. The first-order valence-corrected chi connectivity index (χ1v) is 9.62. The number of ether oxygens (including phenoxy) is 4. The van der Waals surface area contributed by atoms with E-state index in [1.807, 2.05) is 50.2 Å². The van der Waals surface area contributed by atoms with Crippen molar-refractivity contribution in [2.24, 2.45) is 9.98 Å². The summed E-state index contributed by atoms with van der Waals surface area (Å²) in [5.74, 6) is 1.13. The van der Waals surface area contributed by atoms with Gasteiger partial charge in [0, 0.05) is 0 Å². The molecule has 148 valence electrons. The van der Waals surface area contributed by atoms with Crippen molar-refractivity contribution in [1.82, 2.24) is 0 Å². The van der Waals surface area contributed by atoms with Crippen molar-refractivity contribution < 1.29 is 18.9 Å². The predicted molar refractivity (Wildman–Crippen MR) is 116 cm³/mol. The minimum atomic E-state index is -0.489. The SMILES string of the molecule is CC(OCCN=C=S)Oc1cc2ccccc2cc1OC(C)OCCN=C=S. The van der Waals surface area contributed by atoms with Crippen molar-refractivity contribution in [2.45, 2.75) is 26.4 Å². The molecule has 0 amide bonds. The molecule has 6 nitrogen and oxygen atoms in total. The summed E-state index contributed by atoms with van der Waals surface area (Å²) in [5, 5.41) is 6.67. The second-order valence-corrected chi connectivity index (χ2v) is 6.07. The van der Waals surface area contributed by atoms with Gasteiger partial charge < -0.3 is 18.9 Å². The second-order valence-electron chi connectivity index (χ2n) is 5.70. The molecule has 0 saturated heterocycles. The van der Waals surface area contributed by atoms with Crippen LogP contribution >= 0.6 is 24.4 Å². The lowest BCUT2D eigenvalue weighted by molar-refractivity contribution is -0.0782. The molecule has 0 N–H and O–H groups in total. The average molecular weight is 419 g/mol. The van der Waals surface area contributed by atoms with Gasteiger partial charge in [0.1, 0.15) is 0 Å². The van der Waals surface area contributed by atoms with Crippen molar-refractivity contribution >= 4 is 45.5 Å². The molecule has 0 saturated carbocycles. The monoisotopic (exact) mass is 418 g/mol. The van der Waals surface area contributed by atoms with Crippen molar-refractivity contribution in [3.8, 4) is 11.5 Å². The highest BCUT2D eigenvalue weighted by Crippen LogP contribution is 2.34. The van der Waals surface area contributed by atoms with Gasteiger partial charge in [0.25, 0.3) is 0 Å². The molecule has 28 heavy (non-hydrogen) atoms. The quantitative estimate of drug-likeness (QED) is 0.218. The lowest BCUT2D eigenvalue weighted by Crippen LogP contribution is -2.21. The van der Waals surface area contributed by atoms with E-state index in [1.54, 1.807) is 0 Å². The topological polar surface area (TPSA) is 61.6 Å². The molecule has 2 aromatic rings. The van der Waals surface area contributed by atoms with E-state index in [1.165, 1.54) is 0 Å². The van der Waals surface area contributed by atoms with Crippen LogP contribution in [-0.2, 0) is 9.47 Å². The molecular formula is C20H22N2O4S2. The number of rotatable bonds is 12. The molecule has 0 aliphatic heterocycles. The van der Waals surface area contributed by atoms with E-state index in [2.05, 4.69) is 44.7 Å². The maximum absolute atomic E-state index is 5.94. The van der Waals surface area contributed by atoms with E-state index in [9.17, 15) is 0 Å². The smallest absolute Gasteiger partial charge is 0.197 e. The first-order chi connectivity index (χ1) is 13.6. The predicted octanol–water partition coefficient (Wildman–Crippen LogP) is 4.53. The highest BCUT2D eigenvalue weighted by molar-refractivity contribution is 7.78. The number of hydrogen-bond donors (Lipinski definition) is 0. The molecule has 0 heterocycles. The molecule has 0 aliphatic rings. The zero-order valence-corrected chi connectivity index (χ0v) is 17.4. The van der Waals surface area contributed by atoms with Crippen LogP contribution in [0.5, 0.6) is 11.5 Å². The Bertz CT molecular complexity index is 794. The number of isothiocyanates is 2. The van der Waals surface area contributed by atoms with Gasteiger partial charge in [-0.05, 0) is 61.2 Å². The zero-order valence-electron chi connectivity index (χ0n) is 15.8. The third-order valence-corrected chi connectivity index (χ3v) is 3.90. The van der Waals surface area contributed by atoms with Crippen LogP contribution in [0.15, 0.2) is 46.4 Å². The number of thiocarbonyl (C=S) groups is 2. The van der Waals surface area contributed by atoms with Gasteiger partial charge in [-0.15, -0.1) is 0 Å². The average Bonchev–Trinajstić information content (AvgIpc) is 2.69. The lowest BCUT2D eigenvalue weighted by atomic mass is 10.1. The van der Waals surface area contributed by atoms with E-state index < -0.39 is 12.6 Å². The summed E-state index contributed by atoms with van der Waals surface area (Å²) in [5.41, 5.74) is 0. The Balaban J connectivity index is 2.11. The fraction of sp³-hybridized carbons (Fsp3) is 0.400. The van der Waals surface area contributed by atoms with E-state index in [4.69, 9.17) is 18.9 Å². The number of benzene rings is 2. The lowest BCUT2D eigenvalue weighted by Gasteiger charge is -2.21. The summed E-state index contributed by atoms with van der Waals surface area (Å²) < 4.78 is 23.1. The van der Waals surface area contributed by atoms with Gasteiger partial charge in [-0.2, -0.15) is 0 Å². The van der Waals surface area contributed by atoms with Crippen LogP contribution in [0, 0.1) is 0 Å². The van der Waals surface area contributed by atoms with Crippen LogP contribution in [0.3, 0.4) is 0 Å². The van der Waals surface area contributed by atoms with Gasteiger partial charge in [-0.3, -0.25) is 0 Å². The van der Waals surface area contributed by atoms with Crippen LogP contribution in [0.2, 0.25) is 0 Å². The van der Waals surface area contributed by atoms with Crippen molar-refractivity contribution in [3.05, 3.63) is 36.4 Å². The van der Waals surface area contributed by atoms with Gasteiger partial charge >= 0.3 is 0 Å². The molecule has 2 atom stereocenters. The zero-order chi connectivity index (χ0) is 20.2. The minimum Gasteiger partial charge on any atom is -0.461 e. The van der Waals surface area contributed by atoms with Crippen LogP contribution in [0.4, 0.5) is 0 Å². The standard InChI is InChI=1S/C20H22N2O4S2/c1-15(23-9-7-21-13-27)25-19-11-17-5-3-4-6-18(17)12-20(19)26-16(2)24-10-8-22-14-28/h3-6,11-12,15-16H,7-10H2,1-2H3. The molecular weight excluding hydrogens is 396 g/mol. The molecule has 2 aromatic carbocycles. The van der Waals surface area contributed by atoms with E-state index in [0.29, 0.717) is 37.8 Å². The molecule has 0 aromatic heterocycles. The van der Waals surface area contributed by atoms with E-state index >= 15 is 0 Å². The highest BCUT2D eigenvalue weighted by atomic mass is 32.1. The Labute approximate surface area is 175 Å². The summed E-state index contributed by atoms with van der Waals surface area (Å²) in [6.45, 7) is 5.26. The first-order valence-electron chi connectivity index (χ1n) is 8.80. The van der Waals surface area contributed by atoms with Crippen molar-refractivity contribution in [1.29, 1.82) is 0 Å². The molecule has 2 rings (SSSR count). The number of nitrogens with zero attached hydrogens (tertiary/aromatic N) is 2. The summed E-state index contributed by atoms with van der Waals surface area (Å²) in [6, 6.07) is 11.8. The molecule has 0 spiro atoms. The fourth-order valence-corrected chi connectivity index (χ4v) is 2.61. The van der Waals surface area contributed by atoms with Gasteiger partial charge in [0.05, 0.1) is 36.6 Å². The molecule has 8 heteroatoms. The van der Waals surface area contributed by atoms with Gasteiger partial charge in [-0.25, -0.2) is 9.98 Å². The summed E-state index contributed by atoms with van der Waals surface area (Å²) in [4.78, 5) is 7.63. The molecule has 2 unspecified atom stereocenters. The molecule has 0 fully saturated rings.